The van der Waals surface area contributed by atoms with Gasteiger partial charge in [0.2, 0.25) is 5.91 Å². The Kier molecular flexibility index (Phi) is 4.82. The highest BCUT2D eigenvalue weighted by atomic mass is 16.3. The van der Waals surface area contributed by atoms with Crippen molar-refractivity contribution in [1.29, 1.82) is 0 Å². The molecular formula is C19H24N2O2. The average Bonchev–Trinajstić information content (AvgIpc) is 3.17. The zero-order chi connectivity index (χ0) is 16.2. The van der Waals surface area contributed by atoms with Crippen LogP contribution in [0, 0.1) is 6.92 Å². The molecule has 23 heavy (non-hydrogen) atoms. The first kappa shape index (κ1) is 15.8. The number of likely N-dealkylation sites (N-methyl/N-ethyl adjacent to an activating group) is 1. The van der Waals surface area contributed by atoms with Crippen LogP contribution in [0.4, 0.5) is 0 Å². The maximum atomic E-state index is 12.5. The van der Waals surface area contributed by atoms with Crippen molar-refractivity contribution in [1.82, 2.24) is 9.80 Å². The quantitative estimate of drug-likeness (QED) is 0.849. The predicted molar refractivity (Wildman–Crippen MR) is 89.9 cm³/mol. The molecule has 0 N–H and O–H groups in total. The molecule has 2 heterocycles. The van der Waals surface area contributed by atoms with Gasteiger partial charge in [0.05, 0.1) is 13.1 Å². The molecule has 1 unspecified atom stereocenters. The van der Waals surface area contributed by atoms with Gasteiger partial charge in [0.15, 0.2) is 0 Å². The van der Waals surface area contributed by atoms with Crippen molar-refractivity contribution >= 4 is 5.91 Å². The summed E-state index contributed by atoms with van der Waals surface area (Å²) in [5.74, 6) is 1.85. The van der Waals surface area contributed by atoms with Gasteiger partial charge >= 0.3 is 0 Å². The molecule has 0 spiro atoms. The number of aryl methyl sites for hydroxylation is 1. The Morgan fingerprint density at radius 2 is 2.04 bits per heavy atom. The van der Waals surface area contributed by atoms with Gasteiger partial charge in [-0.15, -0.1) is 0 Å². The van der Waals surface area contributed by atoms with Crippen molar-refractivity contribution in [3.05, 3.63) is 59.5 Å². The zero-order valence-corrected chi connectivity index (χ0v) is 13.9. The number of likely N-dealkylation sites (tertiary alicyclic amines) is 1. The van der Waals surface area contributed by atoms with Crippen LogP contribution in [0.5, 0.6) is 0 Å². The van der Waals surface area contributed by atoms with E-state index < -0.39 is 0 Å². The highest BCUT2D eigenvalue weighted by Crippen LogP contribution is 2.31. The Morgan fingerprint density at radius 3 is 2.74 bits per heavy atom. The monoisotopic (exact) mass is 312 g/mol. The van der Waals surface area contributed by atoms with Gasteiger partial charge in [0.1, 0.15) is 11.5 Å². The molecule has 0 bridgehead atoms. The Morgan fingerprint density at radius 1 is 1.26 bits per heavy atom. The molecule has 0 saturated carbocycles. The lowest BCUT2D eigenvalue weighted by Gasteiger charge is -2.26. The molecule has 0 aliphatic carbocycles. The van der Waals surface area contributed by atoms with Gasteiger partial charge in [0, 0.05) is 13.1 Å². The third-order valence-electron chi connectivity index (χ3n) is 4.50. The lowest BCUT2D eigenvalue weighted by Crippen LogP contribution is -2.37. The summed E-state index contributed by atoms with van der Waals surface area (Å²) in [5.41, 5.74) is 1.31. The minimum atomic E-state index is 0.141. The first-order valence-corrected chi connectivity index (χ1v) is 8.22. The molecule has 1 aliphatic heterocycles. The van der Waals surface area contributed by atoms with Crippen LogP contribution >= 0.6 is 0 Å². The lowest BCUT2D eigenvalue weighted by molar-refractivity contribution is -0.132. The van der Waals surface area contributed by atoms with E-state index >= 15 is 0 Å². The zero-order valence-electron chi connectivity index (χ0n) is 13.9. The Labute approximate surface area is 137 Å². The second-order valence-electron chi connectivity index (χ2n) is 6.30. The van der Waals surface area contributed by atoms with Crippen LogP contribution in [0.1, 0.15) is 36.0 Å². The number of nitrogens with zero attached hydrogens (tertiary/aromatic N) is 2. The van der Waals surface area contributed by atoms with Crippen LogP contribution in [-0.2, 0) is 11.3 Å². The molecule has 3 rings (SSSR count). The topological polar surface area (TPSA) is 36.7 Å². The number of rotatable bonds is 5. The smallest absolute Gasteiger partial charge is 0.236 e. The minimum absolute atomic E-state index is 0.141. The van der Waals surface area contributed by atoms with Gasteiger partial charge in [-0.3, -0.25) is 9.69 Å². The van der Waals surface area contributed by atoms with Crippen LogP contribution in [0.3, 0.4) is 0 Å². The van der Waals surface area contributed by atoms with E-state index in [1.54, 1.807) is 4.90 Å². The Hall–Kier alpha value is -2.07. The average molecular weight is 312 g/mol. The van der Waals surface area contributed by atoms with Crippen molar-refractivity contribution in [2.45, 2.75) is 32.4 Å². The molecule has 2 aromatic rings. The van der Waals surface area contributed by atoms with Gasteiger partial charge in [0.25, 0.3) is 0 Å². The van der Waals surface area contributed by atoms with Crippen molar-refractivity contribution in [2.24, 2.45) is 0 Å². The van der Waals surface area contributed by atoms with Gasteiger partial charge in [-0.1, -0.05) is 30.3 Å². The molecular weight excluding hydrogens is 288 g/mol. The molecule has 122 valence electrons. The van der Waals surface area contributed by atoms with Gasteiger partial charge in [-0.25, -0.2) is 0 Å². The van der Waals surface area contributed by atoms with Crippen molar-refractivity contribution in [3.8, 4) is 0 Å². The molecule has 4 nitrogen and oxygen atoms in total. The maximum Gasteiger partial charge on any atom is 0.236 e. The fraction of sp³-hybridized carbons (Fsp3) is 0.421. The molecule has 1 amide bonds. The van der Waals surface area contributed by atoms with Crippen molar-refractivity contribution in [2.75, 3.05) is 20.1 Å². The molecule has 0 radical (unpaired) electrons. The highest BCUT2D eigenvalue weighted by Gasteiger charge is 2.28. The van der Waals surface area contributed by atoms with E-state index in [0.29, 0.717) is 19.1 Å². The largest absolute Gasteiger partial charge is 0.464 e. The third kappa shape index (κ3) is 3.82. The van der Waals surface area contributed by atoms with E-state index in [9.17, 15) is 4.79 Å². The van der Waals surface area contributed by atoms with Gasteiger partial charge in [-0.05, 0) is 44.0 Å². The van der Waals surface area contributed by atoms with E-state index in [2.05, 4.69) is 29.2 Å². The molecule has 1 saturated heterocycles. The number of furan rings is 1. The summed E-state index contributed by atoms with van der Waals surface area (Å²) >= 11 is 0. The predicted octanol–water partition coefficient (Wildman–Crippen LogP) is 3.38. The van der Waals surface area contributed by atoms with E-state index in [0.717, 1.165) is 30.9 Å². The molecule has 4 heteroatoms. The standard InChI is InChI=1S/C19H24N2O2/c1-15-10-11-17(23-15)13-20(2)19(22)14-21-12-6-9-18(21)16-7-4-3-5-8-16/h3-5,7-8,10-11,18H,6,9,12-14H2,1-2H3. The number of hydrogen-bond donors (Lipinski definition) is 0. The van der Waals surface area contributed by atoms with E-state index in [1.807, 2.05) is 32.2 Å². The summed E-state index contributed by atoms with van der Waals surface area (Å²) in [7, 11) is 1.84. The summed E-state index contributed by atoms with van der Waals surface area (Å²) in [6.07, 6.45) is 2.27. The van der Waals surface area contributed by atoms with Crippen LogP contribution in [-0.4, -0.2) is 35.8 Å². The summed E-state index contributed by atoms with van der Waals surface area (Å²) in [4.78, 5) is 16.6. The fourth-order valence-corrected chi connectivity index (χ4v) is 3.25. The minimum Gasteiger partial charge on any atom is -0.464 e. The number of carbonyl (C=O) groups is 1. The first-order valence-electron chi connectivity index (χ1n) is 8.22. The second kappa shape index (κ2) is 7.01. The number of amides is 1. The molecule has 1 aliphatic rings. The summed E-state index contributed by atoms with van der Waals surface area (Å²) < 4.78 is 5.56. The first-order chi connectivity index (χ1) is 11.1. The van der Waals surface area contributed by atoms with E-state index in [1.165, 1.54) is 5.56 Å². The Balaban J connectivity index is 1.60. The molecule has 1 aromatic heterocycles. The fourth-order valence-electron chi connectivity index (χ4n) is 3.25. The summed E-state index contributed by atoms with van der Waals surface area (Å²) in [6, 6.07) is 14.7. The normalized spacial score (nSPS) is 18.3. The van der Waals surface area contributed by atoms with Crippen LogP contribution in [0.2, 0.25) is 0 Å². The van der Waals surface area contributed by atoms with E-state index in [-0.39, 0.29) is 5.91 Å². The second-order valence-corrected chi connectivity index (χ2v) is 6.30. The number of carbonyl (C=O) groups excluding carboxylic acids is 1. The van der Waals surface area contributed by atoms with Gasteiger partial charge in [-0.2, -0.15) is 0 Å². The van der Waals surface area contributed by atoms with Crippen LogP contribution < -0.4 is 0 Å². The maximum absolute atomic E-state index is 12.5. The van der Waals surface area contributed by atoms with Gasteiger partial charge < -0.3 is 9.32 Å². The number of benzene rings is 1. The van der Waals surface area contributed by atoms with Crippen LogP contribution in [0.25, 0.3) is 0 Å². The lowest BCUT2D eigenvalue weighted by atomic mass is 10.0. The van der Waals surface area contributed by atoms with Crippen LogP contribution in [0.15, 0.2) is 46.9 Å². The van der Waals surface area contributed by atoms with Crippen molar-refractivity contribution in [3.63, 3.8) is 0 Å². The van der Waals surface area contributed by atoms with E-state index in [4.69, 9.17) is 4.42 Å². The third-order valence-corrected chi connectivity index (χ3v) is 4.50. The summed E-state index contributed by atoms with van der Waals surface area (Å²) in [5, 5.41) is 0. The SMILES string of the molecule is Cc1ccc(CN(C)C(=O)CN2CCCC2c2ccccc2)o1. The highest BCUT2D eigenvalue weighted by molar-refractivity contribution is 5.78. The molecule has 1 fully saturated rings. The molecule has 1 aromatic carbocycles. The summed E-state index contributed by atoms with van der Waals surface area (Å²) in [6.45, 7) is 3.89. The number of hydrogen-bond acceptors (Lipinski definition) is 3. The Bertz CT molecular complexity index is 650. The molecule has 1 atom stereocenters. The van der Waals surface area contributed by atoms with Crippen molar-refractivity contribution < 1.29 is 9.21 Å².